The molecule has 2 aliphatic heterocycles. The Kier molecular flexibility index (Phi) is 6.06. The molecule has 3 heteroatoms. The first kappa shape index (κ1) is 14.4. The van der Waals surface area contributed by atoms with Crippen molar-refractivity contribution in [2.45, 2.75) is 44.6 Å². The summed E-state index contributed by atoms with van der Waals surface area (Å²) in [5, 5.41) is 3.36. The van der Waals surface area contributed by atoms with Crippen molar-refractivity contribution >= 4 is 11.8 Å². The second kappa shape index (κ2) is 7.56. The van der Waals surface area contributed by atoms with Crippen LogP contribution in [0.4, 0.5) is 0 Å². The van der Waals surface area contributed by atoms with Crippen molar-refractivity contribution in [1.29, 1.82) is 0 Å². The number of nitrogens with one attached hydrogen (secondary N) is 1. The molecule has 2 saturated heterocycles. The summed E-state index contributed by atoms with van der Waals surface area (Å²) in [6, 6.07) is 0. The molecule has 0 radical (unpaired) electrons. The van der Waals surface area contributed by atoms with E-state index in [2.05, 4.69) is 36.2 Å². The summed E-state index contributed by atoms with van der Waals surface area (Å²) < 4.78 is 6.12. The zero-order chi connectivity index (χ0) is 12.7. The molecule has 0 aromatic carbocycles. The van der Waals surface area contributed by atoms with Crippen LogP contribution in [0.1, 0.15) is 39.0 Å². The summed E-state index contributed by atoms with van der Waals surface area (Å²) >= 11 is 2.08. The van der Waals surface area contributed by atoms with Crippen LogP contribution in [0, 0.1) is 5.92 Å². The second-order valence-corrected chi connectivity index (χ2v) is 6.69. The van der Waals surface area contributed by atoms with Crippen molar-refractivity contribution in [1.82, 2.24) is 5.32 Å². The number of allylic oxidation sites excluding steroid dienone is 1. The highest BCUT2D eigenvalue weighted by Crippen LogP contribution is 2.40. The monoisotopic (exact) mass is 269 g/mol. The van der Waals surface area contributed by atoms with Crippen molar-refractivity contribution in [3.8, 4) is 0 Å². The van der Waals surface area contributed by atoms with Crippen LogP contribution < -0.4 is 5.32 Å². The van der Waals surface area contributed by atoms with E-state index in [1.165, 1.54) is 37.2 Å². The molecule has 104 valence electrons. The summed E-state index contributed by atoms with van der Waals surface area (Å²) in [5.74, 6) is 3.33. The molecule has 0 aliphatic carbocycles. The Hall–Kier alpha value is 0.01000. The van der Waals surface area contributed by atoms with Crippen LogP contribution in [-0.4, -0.2) is 36.8 Å². The lowest BCUT2D eigenvalue weighted by atomic mass is 9.82. The van der Waals surface area contributed by atoms with Crippen LogP contribution >= 0.6 is 11.8 Å². The Morgan fingerprint density at radius 2 is 2.22 bits per heavy atom. The van der Waals surface area contributed by atoms with Crippen molar-refractivity contribution in [3.63, 3.8) is 0 Å². The first-order valence-corrected chi connectivity index (χ1v) is 8.59. The van der Waals surface area contributed by atoms with Crippen LogP contribution in [-0.2, 0) is 4.74 Å². The lowest BCUT2D eigenvalue weighted by Crippen LogP contribution is -2.42. The second-order valence-electron chi connectivity index (χ2n) is 5.47. The van der Waals surface area contributed by atoms with E-state index in [0.29, 0.717) is 0 Å². The lowest BCUT2D eigenvalue weighted by molar-refractivity contribution is -0.0949. The van der Waals surface area contributed by atoms with Gasteiger partial charge in [0.15, 0.2) is 0 Å². The van der Waals surface area contributed by atoms with Gasteiger partial charge in [0.05, 0.1) is 5.60 Å². The first-order chi connectivity index (χ1) is 8.85. The van der Waals surface area contributed by atoms with E-state index in [4.69, 9.17) is 4.74 Å². The predicted octanol–water partition coefficient (Wildman–Crippen LogP) is 3.23. The van der Waals surface area contributed by atoms with Crippen molar-refractivity contribution in [2.75, 3.05) is 31.2 Å². The molecule has 1 spiro atoms. The van der Waals surface area contributed by atoms with E-state index < -0.39 is 0 Å². The highest BCUT2D eigenvalue weighted by molar-refractivity contribution is 7.99. The fraction of sp³-hybridized carbons (Fsp3) is 0.867. The molecule has 1 unspecified atom stereocenters. The summed E-state index contributed by atoms with van der Waals surface area (Å²) in [6.07, 6.45) is 11.0. The number of rotatable bonds is 5. The molecular formula is C15H27NOS. The van der Waals surface area contributed by atoms with Crippen molar-refractivity contribution in [3.05, 3.63) is 12.2 Å². The van der Waals surface area contributed by atoms with E-state index in [-0.39, 0.29) is 5.60 Å². The summed E-state index contributed by atoms with van der Waals surface area (Å²) in [7, 11) is 0. The van der Waals surface area contributed by atoms with Gasteiger partial charge in [-0.3, -0.25) is 0 Å². The Bertz CT molecular complexity index is 256. The van der Waals surface area contributed by atoms with E-state index in [9.17, 15) is 0 Å². The SMILES string of the molecule is CCNCCC=CC1CCOC2(CCSCC2)C1. The van der Waals surface area contributed by atoms with Crippen LogP contribution in [0.3, 0.4) is 0 Å². The van der Waals surface area contributed by atoms with Crippen LogP contribution in [0.2, 0.25) is 0 Å². The summed E-state index contributed by atoms with van der Waals surface area (Å²) in [4.78, 5) is 0. The Labute approximate surface area is 116 Å². The largest absolute Gasteiger partial charge is 0.375 e. The van der Waals surface area contributed by atoms with Gasteiger partial charge < -0.3 is 10.1 Å². The Morgan fingerprint density at radius 3 is 3.00 bits per heavy atom. The zero-order valence-corrected chi connectivity index (χ0v) is 12.4. The standard InChI is InChI=1S/C15H27NOS/c1-2-16-9-4-3-5-14-6-10-17-15(13-14)7-11-18-12-8-15/h3,5,14,16H,2,4,6-13H2,1H3. The molecule has 2 nitrogen and oxygen atoms in total. The number of thioether (sulfide) groups is 1. The number of hydrogen-bond donors (Lipinski definition) is 1. The van der Waals surface area contributed by atoms with Gasteiger partial charge in [-0.15, -0.1) is 0 Å². The topological polar surface area (TPSA) is 21.3 Å². The number of ether oxygens (including phenoxy) is 1. The molecule has 18 heavy (non-hydrogen) atoms. The fourth-order valence-corrected chi connectivity index (χ4v) is 4.21. The number of hydrogen-bond acceptors (Lipinski definition) is 3. The average molecular weight is 269 g/mol. The minimum atomic E-state index is 0.236. The van der Waals surface area contributed by atoms with Gasteiger partial charge >= 0.3 is 0 Å². The van der Waals surface area contributed by atoms with Crippen LogP contribution in [0.15, 0.2) is 12.2 Å². The third-order valence-corrected chi connectivity index (χ3v) is 5.07. The summed E-state index contributed by atoms with van der Waals surface area (Å²) in [5.41, 5.74) is 0.236. The fourth-order valence-electron chi connectivity index (χ4n) is 2.97. The van der Waals surface area contributed by atoms with Crippen LogP contribution in [0.5, 0.6) is 0 Å². The molecule has 2 heterocycles. The van der Waals surface area contributed by atoms with Crippen molar-refractivity contribution < 1.29 is 4.74 Å². The molecule has 0 aromatic heterocycles. The summed E-state index contributed by atoms with van der Waals surface area (Å²) in [6.45, 7) is 5.31. The molecule has 1 N–H and O–H groups in total. The van der Waals surface area contributed by atoms with Gasteiger partial charge in [-0.2, -0.15) is 11.8 Å². The van der Waals surface area contributed by atoms with Gasteiger partial charge in [0.25, 0.3) is 0 Å². The molecule has 0 aromatic rings. The highest BCUT2D eigenvalue weighted by Gasteiger charge is 2.37. The maximum absolute atomic E-state index is 6.12. The Balaban J connectivity index is 1.75. The maximum atomic E-state index is 6.12. The van der Waals surface area contributed by atoms with E-state index in [1.54, 1.807) is 0 Å². The van der Waals surface area contributed by atoms with E-state index >= 15 is 0 Å². The van der Waals surface area contributed by atoms with Gasteiger partial charge in [0.2, 0.25) is 0 Å². The third-order valence-electron chi connectivity index (χ3n) is 4.08. The lowest BCUT2D eigenvalue weighted by Gasteiger charge is -2.42. The van der Waals surface area contributed by atoms with Gasteiger partial charge in [-0.05, 0) is 62.6 Å². The molecule has 1 atom stereocenters. The molecule has 2 fully saturated rings. The molecule has 0 bridgehead atoms. The minimum absolute atomic E-state index is 0.236. The van der Waals surface area contributed by atoms with E-state index in [0.717, 1.165) is 32.0 Å². The normalized spacial score (nSPS) is 27.9. The van der Waals surface area contributed by atoms with Crippen molar-refractivity contribution in [2.24, 2.45) is 5.92 Å². The predicted molar refractivity (Wildman–Crippen MR) is 80.3 cm³/mol. The van der Waals surface area contributed by atoms with Gasteiger partial charge in [0, 0.05) is 6.61 Å². The van der Waals surface area contributed by atoms with Gasteiger partial charge in [-0.25, -0.2) is 0 Å². The Morgan fingerprint density at radius 1 is 1.39 bits per heavy atom. The van der Waals surface area contributed by atoms with Gasteiger partial charge in [0.1, 0.15) is 0 Å². The minimum Gasteiger partial charge on any atom is -0.375 e. The van der Waals surface area contributed by atoms with Gasteiger partial charge in [-0.1, -0.05) is 19.1 Å². The molecule has 2 rings (SSSR count). The maximum Gasteiger partial charge on any atom is 0.0703 e. The smallest absolute Gasteiger partial charge is 0.0703 e. The van der Waals surface area contributed by atoms with E-state index in [1.807, 2.05) is 0 Å². The molecule has 0 saturated carbocycles. The molecule has 2 aliphatic rings. The third kappa shape index (κ3) is 4.29. The molecule has 0 amide bonds. The zero-order valence-electron chi connectivity index (χ0n) is 11.6. The van der Waals surface area contributed by atoms with Crippen LogP contribution in [0.25, 0.3) is 0 Å². The average Bonchev–Trinajstić information content (AvgIpc) is 2.40. The molecular weight excluding hydrogens is 242 g/mol. The first-order valence-electron chi connectivity index (χ1n) is 7.44. The highest BCUT2D eigenvalue weighted by atomic mass is 32.2. The quantitative estimate of drug-likeness (QED) is 0.611.